The zero-order valence-electron chi connectivity index (χ0n) is 10.7. The van der Waals surface area contributed by atoms with E-state index in [9.17, 15) is 8.42 Å². The summed E-state index contributed by atoms with van der Waals surface area (Å²) < 4.78 is 22.1. The lowest BCUT2D eigenvalue weighted by Crippen LogP contribution is -2.39. The van der Waals surface area contributed by atoms with Crippen molar-refractivity contribution in [3.8, 4) is 0 Å². The molecular weight excluding hydrogens is 222 g/mol. The largest absolute Gasteiger partial charge is 0.327 e. The molecule has 1 saturated carbocycles. The van der Waals surface area contributed by atoms with E-state index in [-0.39, 0.29) is 6.04 Å². The Morgan fingerprint density at radius 2 is 2.00 bits per heavy atom. The van der Waals surface area contributed by atoms with Crippen molar-refractivity contribution >= 4 is 9.84 Å². The van der Waals surface area contributed by atoms with Crippen molar-refractivity contribution in [3.63, 3.8) is 0 Å². The van der Waals surface area contributed by atoms with Crippen LogP contribution in [0.15, 0.2) is 0 Å². The van der Waals surface area contributed by atoms with E-state index in [4.69, 9.17) is 5.73 Å². The van der Waals surface area contributed by atoms with E-state index >= 15 is 0 Å². The number of rotatable bonds is 4. The average Bonchev–Trinajstić information content (AvgIpc) is 2.09. The third-order valence-corrected chi connectivity index (χ3v) is 4.70. The van der Waals surface area contributed by atoms with E-state index in [1.165, 1.54) is 12.7 Å². The van der Waals surface area contributed by atoms with Crippen molar-refractivity contribution in [2.75, 3.05) is 12.0 Å². The molecule has 0 aromatic rings. The fourth-order valence-corrected chi connectivity index (χ4v) is 3.37. The zero-order valence-corrected chi connectivity index (χ0v) is 11.5. The molecule has 0 spiro atoms. The van der Waals surface area contributed by atoms with Crippen LogP contribution >= 0.6 is 0 Å². The predicted molar refractivity (Wildman–Crippen MR) is 68.0 cm³/mol. The SMILES string of the molecule is CC1(C)CCC(N)C(CCCS(C)(=O)=O)C1. The molecule has 0 aromatic carbocycles. The standard InChI is InChI=1S/C12H25NO2S/c1-12(2)7-6-11(13)10(9-12)5-4-8-16(3,14)15/h10-11H,4-9,13H2,1-3H3. The molecular formula is C12H25NO2S. The van der Waals surface area contributed by atoms with Gasteiger partial charge in [-0.3, -0.25) is 0 Å². The lowest BCUT2D eigenvalue weighted by atomic mass is 9.69. The summed E-state index contributed by atoms with van der Waals surface area (Å²) in [6.45, 7) is 4.56. The first-order valence-corrected chi connectivity index (χ1v) is 8.19. The summed E-state index contributed by atoms with van der Waals surface area (Å²) in [5.41, 5.74) is 6.48. The minimum atomic E-state index is -2.81. The molecule has 3 nitrogen and oxygen atoms in total. The minimum Gasteiger partial charge on any atom is -0.327 e. The van der Waals surface area contributed by atoms with E-state index in [2.05, 4.69) is 13.8 Å². The van der Waals surface area contributed by atoms with Crippen molar-refractivity contribution in [2.45, 2.75) is 52.0 Å². The van der Waals surface area contributed by atoms with Crippen molar-refractivity contribution in [2.24, 2.45) is 17.1 Å². The van der Waals surface area contributed by atoms with E-state index < -0.39 is 9.84 Å². The predicted octanol–water partition coefficient (Wildman–Crippen LogP) is 1.96. The lowest BCUT2D eigenvalue weighted by Gasteiger charge is -2.39. The Hall–Kier alpha value is -0.0900. The first-order chi connectivity index (χ1) is 7.20. The van der Waals surface area contributed by atoms with Gasteiger partial charge in [0.15, 0.2) is 0 Å². The highest BCUT2D eigenvalue weighted by Crippen LogP contribution is 2.39. The molecule has 2 unspecified atom stereocenters. The van der Waals surface area contributed by atoms with Crippen LogP contribution in [0.5, 0.6) is 0 Å². The molecule has 1 rings (SSSR count). The molecule has 4 heteroatoms. The second kappa shape index (κ2) is 5.05. The maximum atomic E-state index is 11.1. The Morgan fingerprint density at radius 3 is 2.56 bits per heavy atom. The number of nitrogens with two attached hydrogens (primary N) is 1. The Bertz CT molecular complexity index is 322. The molecule has 0 bridgehead atoms. The lowest BCUT2D eigenvalue weighted by molar-refractivity contribution is 0.150. The molecule has 1 aliphatic rings. The molecule has 0 radical (unpaired) electrons. The molecule has 96 valence electrons. The number of sulfone groups is 1. The van der Waals surface area contributed by atoms with Crippen LogP contribution in [0.4, 0.5) is 0 Å². The van der Waals surface area contributed by atoms with Crippen molar-refractivity contribution in [1.82, 2.24) is 0 Å². The quantitative estimate of drug-likeness (QED) is 0.826. The van der Waals surface area contributed by atoms with Crippen LogP contribution in [0.2, 0.25) is 0 Å². The molecule has 2 N–H and O–H groups in total. The Balaban J connectivity index is 2.40. The Labute approximate surface area is 99.7 Å². The first kappa shape index (κ1) is 14.0. The van der Waals surface area contributed by atoms with Gasteiger partial charge in [0.2, 0.25) is 0 Å². The van der Waals surface area contributed by atoms with E-state index in [1.807, 2.05) is 0 Å². The van der Waals surface area contributed by atoms with Crippen LogP contribution < -0.4 is 5.73 Å². The summed E-state index contributed by atoms with van der Waals surface area (Å²) in [6, 6.07) is 0.271. The zero-order chi connectivity index (χ0) is 12.4. The van der Waals surface area contributed by atoms with Gasteiger partial charge in [-0.2, -0.15) is 0 Å². The molecule has 0 aromatic heterocycles. The van der Waals surface area contributed by atoms with Gasteiger partial charge in [-0.1, -0.05) is 13.8 Å². The van der Waals surface area contributed by atoms with Crippen LogP contribution in [-0.2, 0) is 9.84 Å². The molecule has 0 aliphatic heterocycles. The summed E-state index contributed by atoms with van der Waals surface area (Å²) in [5, 5.41) is 0. The van der Waals surface area contributed by atoms with Crippen LogP contribution in [0.25, 0.3) is 0 Å². The van der Waals surface area contributed by atoms with Crippen LogP contribution in [0.3, 0.4) is 0 Å². The molecule has 1 fully saturated rings. The minimum absolute atomic E-state index is 0.271. The molecule has 1 aliphatic carbocycles. The van der Waals surface area contributed by atoms with Gasteiger partial charge in [-0.05, 0) is 43.4 Å². The van der Waals surface area contributed by atoms with Crippen LogP contribution in [0, 0.1) is 11.3 Å². The fraction of sp³-hybridized carbons (Fsp3) is 1.00. The van der Waals surface area contributed by atoms with E-state index in [0.717, 1.165) is 25.7 Å². The first-order valence-electron chi connectivity index (χ1n) is 6.13. The normalized spacial score (nSPS) is 30.2. The highest BCUT2D eigenvalue weighted by atomic mass is 32.2. The second-order valence-electron chi connectivity index (χ2n) is 6.10. The summed E-state index contributed by atoms with van der Waals surface area (Å²) in [6.07, 6.45) is 6.42. The van der Waals surface area contributed by atoms with Crippen molar-refractivity contribution in [1.29, 1.82) is 0 Å². The highest BCUT2D eigenvalue weighted by Gasteiger charge is 2.32. The smallest absolute Gasteiger partial charge is 0.147 e. The van der Waals surface area contributed by atoms with Gasteiger partial charge >= 0.3 is 0 Å². The summed E-state index contributed by atoms with van der Waals surface area (Å²) in [7, 11) is -2.81. The molecule has 16 heavy (non-hydrogen) atoms. The van der Waals surface area contributed by atoms with Crippen molar-refractivity contribution < 1.29 is 8.42 Å². The van der Waals surface area contributed by atoms with Crippen LogP contribution in [-0.4, -0.2) is 26.5 Å². The van der Waals surface area contributed by atoms with Crippen LogP contribution in [0.1, 0.15) is 46.0 Å². The molecule has 0 heterocycles. The maximum Gasteiger partial charge on any atom is 0.147 e. The van der Waals surface area contributed by atoms with E-state index in [1.54, 1.807) is 0 Å². The highest BCUT2D eigenvalue weighted by molar-refractivity contribution is 7.90. The third kappa shape index (κ3) is 4.83. The number of hydrogen-bond acceptors (Lipinski definition) is 3. The fourth-order valence-electron chi connectivity index (χ4n) is 2.68. The summed E-state index contributed by atoms with van der Waals surface area (Å²) in [4.78, 5) is 0. The topological polar surface area (TPSA) is 60.2 Å². The molecule has 0 amide bonds. The van der Waals surface area contributed by atoms with Gasteiger partial charge in [0.25, 0.3) is 0 Å². The van der Waals surface area contributed by atoms with Gasteiger partial charge in [-0.25, -0.2) is 8.42 Å². The van der Waals surface area contributed by atoms with Gasteiger partial charge < -0.3 is 5.73 Å². The third-order valence-electron chi connectivity index (χ3n) is 3.66. The summed E-state index contributed by atoms with van der Waals surface area (Å²) in [5.74, 6) is 0.807. The molecule has 2 atom stereocenters. The Kier molecular flexibility index (Phi) is 4.41. The van der Waals surface area contributed by atoms with Gasteiger partial charge in [0, 0.05) is 18.1 Å². The summed E-state index contributed by atoms with van der Waals surface area (Å²) >= 11 is 0. The second-order valence-corrected chi connectivity index (χ2v) is 8.36. The number of hydrogen-bond donors (Lipinski definition) is 1. The average molecular weight is 247 g/mol. The molecule has 0 saturated heterocycles. The monoisotopic (exact) mass is 247 g/mol. The Morgan fingerprint density at radius 1 is 1.38 bits per heavy atom. The van der Waals surface area contributed by atoms with Gasteiger partial charge in [-0.15, -0.1) is 0 Å². The maximum absolute atomic E-state index is 11.1. The van der Waals surface area contributed by atoms with Gasteiger partial charge in [0.05, 0.1) is 0 Å². The van der Waals surface area contributed by atoms with E-state index in [0.29, 0.717) is 17.1 Å². The van der Waals surface area contributed by atoms with Gasteiger partial charge in [0.1, 0.15) is 9.84 Å². The van der Waals surface area contributed by atoms with Crippen molar-refractivity contribution in [3.05, 3.63) is 0 Å².